The van der Waals surface area contributed by atoms with Crippen molar-refractivity contribution in [2.24, 2.45) is 0 Å². The Bertz CT molecular complexity index is 810. The van der Waals surface area contributed by atoms with E-state index in [0.29, 0.717) is 24.5 Å². The Hall–Kier alpha value is -1.48. The van der Waals surface area contributed by atoms with Crippen molar-refractivity contribution in [3.63, 3.8) is 0 Å². The average Bonchev–Trinajstić information content (AvgIpc) is 3.09. The quantitative estimate of drug-likeness (QED) is 0.557. The van der Waals surface area contributed by atoms with Crippen molar-refractivity contribution in [3.05, 3.63) is 16.2 Å². The number of thiophene rings is 1. The number of morpholine rings is 1. The molecule has 0 N–H and O–H groups in total. The first kappa shape index (κ1) is 18.9. The summed E-state index contributed by atoms with van der Waals surface area (Å²) >= 11 is 7.93. The predicted molar refractivity (Wildman–Crippen MR) is 108 cm³/mol. The van der Waals surface area contributed by atoms with E-state index in [1.165, 1.54) is 4.88 Å². The van der Waals surface area contributed by atoms with Crippen LogP contribution in [-0.2, 0) is 16.1 Å². The smallest absolute Gasteiger partial charge is 0.224 e. The molecule has 7 nitrogen and oxygen atoms in total. The molecule has 0 saturated carbocycles. The number of fused-ring (bicyclic) bond motifs is 1. The highest BCUT2D eigenvalue weighted by Crippen LogP contribution is 2.34. The maximum Gasteiger partial charge on any atom is 0.224 e. The number of rotatable bonds is 5. The van der Waals surface area contributed by atoms with Crippen molar-refractivity contribution in [1.82, 2.24) is 19.8 Å². The van der Waals surface area contributed by atoms with Gasteiger partial charge in [0, 0.05) is 44.1 Å². The van der Waals surface area contributed by atoms with Gasteiger partial charge in [0.05, 0.1) is 23.4 Å². The number of hydrogen-bond acceptors (Lipinski definition) is 7. The standard InChI is InChI=1S/C18H24ClN5O2S/c1-22(12-25)13-3-2-4-23(10-13)11-14-9-15-16(27-14)17(21-18(19)20-15)24-5-7-26-8-6-24/h9,12-13H,2-8,10-11H2,1H3/t13-/m1/s1. The maximum absolute atomic E-state index is 11.1. The summed E-state index contributed by atoms with van der Waals surface area (Å²) in [4.78, 5) is 27.7. The van der Waals surface area contributed by atoms with Crippen LogP contribution in [0.4, 0.5) is 5.82 Å². The summed E-state index contributed by atoms with van der Waals surface area (Å²) in [5.74, 6) is 0.918. The molecule has 2 aliphatic rings. The van der Waals surface area contributed by atoms with Crippen LogP contribution in [0.25, 0.3) is 10.2 Å². The lowest BCUT2D eigenvalue weighted by Crippen LogP contribution is -2.45. The summed E-state index contributed by atoms with van der Waals surface area (Å²) in [7, 11) is 1.87. The molecule has 2 fully saturated rings. The van der Waals surface area contributed by atoms with Gasteiger partial charge in [-0.1, -0.05) is 0 Å². The molecule has 4 rings (SSSR count). The molecule has 0 unspecified atom stereocenters. The van der Waals surface area contributed by atoms with E-state index in [1.54, 1.807) is 16.2 Å². The molecule has 1 atom stereocenters. The second-order valence-corrected chi connectivity index (χ2v) is 8.62. The summed E-state index contributed by atoms with van der Waals surface area (Å²) < 4.78 is 6.55. The molecule has 0 radical (unpaired) electrons. The first-order valence-electron chi connectivity index (χ1n) is 9.32. The second-order valence-electron chi connectivity index (χ2n) is 7.14. The molecule has 0 spiro atoms. The topological polar surface area (TPSA) is 61.8 Å². The van der Waals surface area contributed by atoms with E-state index < -0.39 is 0 Å². The maximum atomic E-state index is 11.1. The monoisotopic (exact) mass is 409 g/mol. The number of halogens is 1. The Morgan fingerprint density at radius 3 is 2.96 bits per heavy atom. The van der Waals surface area contributed by atoms with Crippen molar-refractivity contribution in [3.8, 4) is 0 Å². The van der Waals surface area contributed by atoms with Gasteiger partial charge in [0.25, 0.3) is 0 Å². The molecule has 1 amide bonds. The number of ether oxygens (including phenoxy) is 1. The molecule has 2 aromatic rings. The zero-order valence-electron chi connectivity index (χ0n) is 15.4. The normalized spacial score (nSPS) is 21.6. The number of anilines is 1. The van der Waals surface area contributed by atoms with Crippen molar-refractivity contribution in [2.75, 3.05) is 51.3 Å². The van der Waals surface area contributed by atoms with E-state index in [-0.39, 0.29) is 0 Å². The molecule has 2 saturated heterocycles. The summed E-state index contributed by atoms with van der Waals surface area (Å²) in [6, 6.07) is 2.42. The SMILES string of the molecule is CN(C=O)[C@@H]1CCCN(Cc2cc3nc(Cl)nc(N4CCOCC4)c3s2)C1. The zero-order valence-corrected chi connectivity index (χ0v) is 17.0. The van der Waals surface area contributed by atoms with Gasteiger partial charge in [-0.2, -0.15) is 4.98 Å². The Balaban J connectivity index is 1.55. The van der Waals surface area contributed by atoms with E-state index in [4.69, 9.17) is 16.3 Å². The van der Waals surface area contributed by atoms with Crippen LogP contribution in [0.3, 0.4) is 0 Å². The molecular formula is C18H24ClN5O2S. The van der Waals surface area contributed by atoms with Gasteiger partial charge in [0.1, 0.15) is 0 Å². The summed E-state index contributed by atoms with van der Waals surface area (Å²) in [6.07, 6.45) is 3.11. The van der Waals surface area contributed by atoms with Crippen LogP contribution in [0.2, 0.25) is 5.28 Å². The van der Waals surface area contributed by atoms with E-state index in [9.17, 15) is 4.79 Å². The number of carbonyl (C=O) groups excluding carboxylic acids is 1. The summed E-state index contributed by atoms with van der Waals surface area (Å²) in [5.41, 5.74) is 0.912. The number of amides is 1. The molecule has 2 aliphatic heterocycles. The van der Waals surface area contributed by atoms with Gasteiger partial charge in [-0.3, -0.25) is 9.69 Å². The Labute approximate surface area is 167 Å². The molecule has 0 aliphatic carbocycles. The number of hydrogen-bond donors (Lipinski definition) is 0. The van der Waals surface area contributed by atoms with Crippen LogP contribution >= 0.6 is 22.9 Å². The highest BCUT2D eigenvalue weighted by molar-refractivity contribution is 7.19. The lowest BCUT2D eigenvalue weighted by Gasteiger charge is -2.35. The number of nitrogens with zero attached hydrogens (tertiary/aromatic N) is 5. The number of likely N-dealkylation sites (tertiary alicyclic amines) is 1. The molecule has 27 heavy (non-hydrogen) atoms. The van der Waals surface area contributed by atoms with Gasteiger partial charge in [-0.25, -0.2) is 4.98 Å². The lowest BCUT2D eigenvalue weighted by molar-refractivity contribution is -0.119. The van der Waals surface area contributed by atoms with Crippen molar-refractivity contribution in [2.45, 2.75) is 25.4 Å². The van der Waals surface area contributed by atoms with Gasteiger partial charge in [0.15, 0.2) is 5.82 Å². The second kappa shape index (κ2) is 8.26. The van der Waals surface area contributed by atoms with Crippen LogP contribution in [0.15, 0.2) is 6.07 Å². The largest absolute Gasteiger partial charge is 0.378 e. The van der Waals surface area contributed by atoms with Crippen molar-refractivity contribution >= 4 is 45.4 Å². The number of aromatic nitrogens is 2. The molecule has 146 valence electrons. The van der Waals surface area contributed by atoms with Crippen LogP contribution in [0.1, 0.15) is 17.7 Å². The first-order valence-corrected chi connectivity index (χ1v) is 10.5. The Morgan fingerprint density at radius 2 is 2.19 bits per heavy atom. The molecule has 4 heterocycles. The minimum Gasteiger partial charge on any atom is -0.378 e. The molecule has 2 aromatic heterocycles. The van der Waals surface area contributed by atoms with E-state index in [0.717, 1.165) is 68.0 Å². The molecule has 0 bridgehead atoms. The van der Waals surface area contributed by atoms with Crippen LogP contribution in [0, 0.1) is 0 Å². The van der Waals surface area contributed by atoms with Crippen LogP contribution in [-0.4, -0.2) is 78.7 Å². The molecular weight excluding hydrogens is 386 g/mol. The molecule has 9 heteroatoms. The van der Waals surface area contributed by atoms with Crippen LogP contribution < -0.4 is 4.90 Å². The van der Waals surface area contributed by atoms with Gasteiger partial charge in [-0.15, -0.1) is 11.3 Å². The number of likely N-dealkylation sites (N-methyl/N-ethyl adjacent to an activating group) is 1. The van der Waals surface area contributed by atoms with Gasteiger partial charge >= 0.3 is 0 Å². The number of carbonyl (C=O) groups is 1. The highest BCUT2D eigenvalue weighted by atomic mass is 35.5. The van der Waals surface area contributed by atoms with Crippen molar-refractivity contribution < 1.29 is 9.53 Å². The minimum absolute atomic E-state index is 0.291. The average molecular weight is 410 g/mol. The highest BCUT2D eigenvalue weighted by Gasteiger charge is 2.24. The Morgan fingerprint density at radius 1 is 1.37 bits per heavy atom. The first-order chi connectivity index (χ1) is 13.1. The zero-order chi connectivity index (χ0) is 18.8. The fraction of sp³-hybridized carbons (Fsp3) is 0.611. The van der Waals surface area contributed by atoms with Crippen LogP contribution in [0.5, 0.6) is 0 Å². The minimum atomic E-state index is 0.291. The molecule has 0 aromatic carbocycles. The number of piperidine rings is 1. The third-order valence-corrected chi connectivity index (χ3v) is 6.56. The third-order valence-electron chi connectivity index (χ3n) is 5.29. The fourth-order valence-electron chi connectivity index (χ4n) is 3.82. The fourth-order valence-corrected chi connectivity index (χ4v) is 5.14. The third kappa shape index (κ3) is 4.18. The Kier molecular flexibility index (Phi) is 5.77. The van der Waals surface area contributed by atoms with E-state index in [1.807, 2.05) is 7.05 Å². The van der Waals surface area contributed by atoms with E-state index >= 15 is 0 Å². The van der Waals surface area contributed by atoms with E-state index in [2.05, 4.69) is 25.8 Å². The van der Waals surface area contributed by atoms with Crippen molar-refractivity contribution in [1.29, 1.82) is 0 Å². The summed E-state index contributed by atoms with van der Waals surface area (Å²) in [5, 5.41) is 0.291. The predicted octanol–water partition coefficient (Wildman–Crippen LogP) is 2.23. The van der Waals surface area contributed by atoms with Gasteiger partial charge in [-0.05, 0) is 37.1 Å². The summed E-state index contributed by atoms with van der Waals surface area (Å²) in [6.45, 7) is 5.89. The lowest BCUT2D eigenvalue weighted by atomic mass is 10.0. The van der Waals surface area contributed by atoms with Gasteiger partial charge < -0.3 is 14.5 Å². The van der Waals surface area contributed by atoms with Gasteiger partial charge in [0.2, 0.25) is 11.7 Å².